The third-order valence-corrected chi connectivity index (χ3v) is 1.81. The molecule has 0 amide bonds. The van der Waals surface area contributed by atoms with Crippen molar-refractivity contribution >= 4 is 13.9 Å². The van der Waals surface area contributed by atoms with Gasteiger partial charge in [-0.2, -0.15) is 0 Å². The number of nitrogens with two attached hydrogens (primary N) is 1. The van der Waals surface area contributed by atoms with Crippen LogP contribution in [-0.4, -0.2) is 17.1 Å². The molecule has 0 heterocycles. The second-order valence-corrected chi connectivity index (χ2v) is 2.54. The van der Waals surface area contributed by atoms with E-state index in [1.165, 1.54) is 0 Å². The van der Waals surface area contributed by atoms with Gasteiger partial charge < -0.3 is 0 Å². The van der Waals surface area contributed by atoms with E-state index in [9.17, 15) is 9.36 Å². The van der Waals surface area contributed by atoms with Crippen LogP contribution in [0.2, 0.25) is 0 Å². The van der Waals surface area contributed by atoms with E-state index < -0.39 is 17.9 Å². The SMILES string of the molecule is CC[C@H](C#P=O)[C@H](N)C(=O)O. The Hall–Kier alpha value is -0.560. The standard InChI is InChI=1S/C6H10NO3P/c1-2-4(3-11-10)5(7)6(8)9/h4-5H,2,7H2,1H3,(H,8,9)/t4-,5+/m1/s1. The van der Waals surface area contributed by atoms with Gasteiger partial charge in [0.25, 0.3) is 0 Å². The van der Waals surface area contributed by atoms with Crippen LogP contribution in [0.4, 0.5) is 0 Å². The van der Waals surface area contributed by atoms with Crippen molar-refractivity contribution in [3.8, 4) is 5.63 Å². The van der Waals surface area contributed by atoms with Crippen molar-refractivity contribution in [3.05, 3.63) is 0 Å². The number of rotatable bonds is 3. The Morgan fingerprint density at radius 1 is 1.82 bits per heavy atom. The van der Waals surface area contributed by atoms with E-state index in [0.717, 1.165) is 0 Å². The van der Waals surface area contributed by atoms with Crippen LogP contribution >= 0.6 is 7.92 Å². The fourth-order valence-corrected chi connectivity index (χ4v) is 1.14. The summed E-state index contributed by atoms with van der Waals surface area (Å²) in [5, 5.41) is 8.44. The first-order chi connectivity index (χ1) is 5.13. The third kappa shape index (κ3) is 3.38. The van der Waals surface area contributed by atoms with E-state index >= 15 is 0 Å². The number of hydrogen-bond donors (Lipinski definition) is 2. The normalized spacial score (nSPS) is 14.7. The predicted molar refractivity (Wildman–Crippen MR) is 40.9 cm³/mol. The summed E-state index contributed by atoms with van der Waals surface area (Å²) in [4.78, 5) is 10.3. The summed E-state index contributed by atoms with van der Waals surface area (Å²) in [6.45, 7) is 1.77. The van der Waals surface area contributed by atoms with Crippen molar-refractivity contribution in [2.24, 2.45) is 11.7 Å². The fourth-order valence-electron chi connectivity index (χ4n) is 0.665. The van der Waals surface area contributed by atoms with Crippen molar-refractivity contribution in [3.63, 3.8) is 0 Å². The molecule has 0 fully saturated rings. The zero-order chi connectivity index (χ0) is 8.85. The van der Waals surface area contributed by atoms with Crippen LogP contribution < -0.4 is 5.73 Å². The molecule has 3 N–H and O–H groups in total. The van der Waals surface area contributed by atoms with Crippen molar-refractivity contribution in [2.45, 2.75) is 19.4 Å². The number of hydrogen-bond acceptors (Lipinski definition) is 3. The Bertz CT molecular complexity index is 233. The van der Waals surface area contributed by atoms with Crippen LogP contribution in [0.5, 0.6) is 0 Å². The first kappa shape index (κ1) is 10.4. The Morgan fingerprint density at radius 2 is 2.36 bits per heavy atom. The topological polar surface area (TPSA) is 80.4 Å². The van der Waals surface area contributed by atoms with Crippen molar-refractivity contribution in [2.75, 3.05) is 0 Å². The molecule has 5 heteroatoms. The first-order valence-electron chi connectivity index (χ1n) is 3.19. The van der Waals surface area contributed by atoms with Gasteiger partial charge in [-0.05, 0) is 0 Å². The van der Waals surface area contributed by atoms with Crippen LogP contribution in [0.3, 0.4) is 0 Å². The number of aliphatic carboxylic acids is 1. The molecule has 2 atom stereocenters. The van der Waals surface area contributed by atoms with Gasteiger partial charge in [-0.25, -0.2) is 0 Å². The van der Waals surface area contributed by atoms with E-state index in [1.54, 1.807) is 6.92 Å². The van der Waals surface area contributed by atoms with Gasteiger partial charge >= 0.3 is 65.0 Å². The molecule has 0 unspecified atom stereocenters. The van der Waals surface area contributed by atoms with E-state index in [0.29, 0.717) is 6.42 Å². The van der Waals surface area contributed by atoms with E-state index in [2.05, 4.69) is 5.63 Å². The minimum atomic E-state index is -1.09. The summed E-state index contributed by atoms with van der Waals surface area (Å²) in [7, 11) is -0.288. The zero-order valence-electron chi connectivity index (χ0n) is 6.15. The molecular formula is C6H10NO3P. The first-order valence-corrected chi connectivity index (χ1v) is 4.01. The second-order valence-electron chi connectivity index (χ2n) is 2.10. The molecule has 0 rings (SSSR count). The monoisotopic (exact) mass is 175 g/mol. The molecule has 0 aliphatic carbocycles. The summed E-state index contributed by atoms with van der Waals surface area (Å²) in [6, 6.07) is -0.999. The summed E-state index contributed by atoms with van der Waals surface area (Å²) >= 11 is 0. The van der Waals surface area contributed by atoms with Gasteiger partial charge in [-0.1, -0.05) is 0 Å². The number of carboxylic acids is 1. The third-order valence-electron chi connectivity index (χ3n) is 1.38. The summed E-state index contributed by atoms with van der Waals surface area (Å²) in [5.74, 6) is -1.53. The number of carbonyl (C=O) groups is 1. The molecular weight excluding hydrogens is 165 g/mol. The van der Waals surface area contributed by atoms with Gasteiger partial charge in [0.15, 0.2) is 0 Å². The van der Waals surface area contributed by atoms with Crippen LogP contribution in [0.15, 0.2) is 0 Å². The van der Waals surface area contributed by atoms with Crippen molar-refractivity contribution in [1.29, 1.82) is 0 Å². The molecule has 0 bridgehead atoms. The molecule has 0 aromatic carbocycles. The second kappa shape index (κ2) is 5.14. The fraction of sp³-hybridized carbons (Fsp3) is 0.667. The molecule has 0 saturated carbocycles. The van der Waals surface area contributed by atoms with Gasteiger partial charge in [0.1, 0.15) is 0 Å². The van der Waals surface area contributed by atoms with Gasteiger partial charge in [0, 0.05) is 0 Å². The maximum absolute atomic E-state index is 10.3. The molecule has 0 spiro atoms. The quantitative estimate of drug-likeness (QED) is 0.618. The molecule has 0 aliphatic heterocycles. The molecule has 0 aliphatic rings. The average Bonchev–Trinajstić information content (AvgIpc) is 1.98. The van der Waals surface area contributed by atoms with Crippen LogP contribution in [-0.2, 0) is 9.36 Å². The van der Waals surface area contributed by atoms with Gasteiger partial charge in [-0.3, -0.25) is 0 Å². The van der Waals surface area contributed by atoms with E-state index in [1.807, 2.05) is 0 Å². The van der Waals surface area contributed by atoms with E-state index in [4.69, 9.17) is 10.8 Å². The molecule has 62 valence electrons. The predicted octanol–water partition coefficient (Wildman–Crippen LogP) is 0.675. The molecule has 0 saturated heterocycles. The summed E-state index contributed by atoms with van der Waals surface area (Å²) in [6.07, 6.45) is 0.530. The molecule has 4 nitrogen and oxygen atoms in total. The number of carboxylic acid groups (broad SMARTS) is 1. The van der Waals surface area contributed by atoms with Gasteiger partial charge in [0.2, 0.25) is 0 Å². The average molecular weight is 175 g/mol. The van der Waals surface area contributed by atoms with Gasteiger partial charge in [-0.15, -0.1) is 0 Å². The Balaban J connectivity index is 4.33. The molecule has 0 aromatic rings. The van der Waals surface area contributed by atoms with Crippen molar-refractivity contribution < 1.29 is 14.5 Å². The van der Waals surface area contributed by atoms with Gasteiger partial charge in [0.05, 0.1) is 0 Å². The van der Waals surface area contributed by atoms with Crippen LogP contribution in [0.25, 0.3) is 0 Å². The summed E-state index contributed by atoms with van der Waals surface area (Å²) in [5.41, 5.74) is 7.68. The Kier molecular flexibility index (Phi) is 4.88. The van der Waals surface area contributed by atoms with Crippen LogP contribution in [0.1, 0.15) is 13.3 Å². The summed E-state index contributed by atoms with van der Waals surface area (Å²) < 4.78 is 10.0. The Morgan fingerprint density at radius 3 is 2.64 bits per heavy atom. The molecule has 11 heavy (non-hydrogen) atoms. The minimum absolute atomic E-state index is 0.288. The van der Waals surface area contributed by atoms with Crippen molar-refractivity contribution in [1.82, 2.24) is 0 Å². The molecule has 0 aromatic heterocycles. The maximum atomic E-state index is 10.3. The Labute approximate surface area is 65.9 Å². The molecule has 0 radical (unpaired) electrons. The van der Waals surface area contributed by atoms with Crippen LogP contribution in [0, 0.1) is 11.5 Å². The zero-order valence-corrected chi connectivity index (χ0v) is 7.04. The van der Waals surface area contributed by atoms with E-state index in [-0.39, 0.29) is 7.92 Å².